The fourth-order valence-electron chi connectivity index (χ4n) is 2.43. The zero-order valence-corrected chi connectivity index (χ0v) is 15.2. The van der Waals surface area contributed by atoms with E-state index in [0.717, 1.165) is 19.3 Å². The van der Waals surface area contributed by atoms with E-state index in [4.69, 9.17) is 4.74 Å². The highest BCUT2D eigenvalue weighted by Gasteiger charge is 2.12. The molecular weight excluding hydrogens is 346 g/mol. The van der Waals surface area contributed by atoms with Gasteiger partial charge in [0.2, 0.25) is 5.91 Å². The number of carbonyl (C=O) groups is 3. The number of unbranched alkanes of at least 4 members (excludes halogenated alkanes) is 2. The molecule has 0 aromatic heterocycles. The van der Waals surface area contributed by atoms with Crippen LogP contribution in [0, 0.1) is 0 Å². The molecule has 2 aromatic carbocycles. The minimum Gasteiger partial charge on any atom is -0.508 e. The SMILES string of the molecule is CCCCCC(=O)Nc1ccc(C(=O)COC(=O)c2cccc(O)c2)cc1. The number of hydrogen-bond donors (Lipinski definition) is 2. The van der Waals surface area contributed by atoms with E-state index in [1.807, 2.05) is 0 Å². The summed E-state index contributed by atoms with van der Waals surface area (Å²) in [5.74, 6) is -1.15. The van der Waals surface area contributed by atoms with Crippen LogP contribution in [0.4, 0.5) is 5.69 Å². The molecule has 6 nitrogen and oxygen atoms in total. The van der Waals surface area contributed by atoms with Gasteiger partial charge in [0.1, 0.15) is 5.75 Å². The number of aromatic hydroxyl groups is 1. The number of nitrogens with one attached hydrogen (secondary N) is 1. The number of phenols is 1. The zero-order chi connectivity index (χ0) is 19.6. The summed E-state index contributed by atoms with van der Waals surface area (Å²) in [6.45, 7) is 1.67. The highest BCUT2D eigenvalue weighted by atomic mass is 16.5. The molecule has 2 N–H and O–H groups in total. The highest BCUT2D eigenvalue weighted by molar-refractivity contribution is 6.00. The van der Waals surface area contributed by atoms with Crippen LogP contribution in [-0.4, -0.2) is 29.4 Å². The molecule has 6 heteroatoms. The Morgan fingerprint density at radius 3 is 2.41 bits per heavy atom. The predicted molar refractivity (Wildman–Crippen MR) is 102 cm³/mol. The Morgan fingerprint density at radius 1 is 1.00 bits per heavy atom. The average Bonchev–Trinajstić information content (AvgIpc) is 2.66. The summed E-state index contributed by atoms with van der Waals surface area (Å²) in [7, 11) is 0. The fraction of sp³-hybridized carbons (Fsp3) is 0.286. The predicted octanol–water partition coefficient (Wildman–Crippen LogP) is 3.95. The summed E-state index contributed by atoms with van der Waals surface area (Å²) >= 11 is 0. The van der Waals surface area contributed by atoms with E-state index in [9.17, 15) is 19.5 Å². The lowest BCUT2D eigenvalue weighted by molar-refractivity contribution is -0.116. The van der Waals surface area contributed by atoms with Gasteiger partial charge in [0.15, 0.2) is 12.4 Å². The second-order valence-corrected chi connectivity index (χ2v) is 6.13. The van der Waals surface area contributed by atoms with Crippen molar-refractivity contribution >= 4 is 23.3 Å². The van der Waals surface area contributed by atoms with Crippen LogP contribution in [0.5, 0.6) is 5.75 Å². The van der Waals surface area contributed by atoms with Gasteiger partial charge >= 0.3 is 5.97 Å². The average molecular weight is 369 g/mol. The first-order valence-corrected chi connectivity index (χ1v) is 8.89. The van der Waals surface area contributed by atoms with Crippen LogP contribution >= 0.6 is 0 Å². The van der Waals surface area contributed by atoms with E-state index in [2.05, 4.69) is 12.2 Å². The van der Waals surface area contributed by atoms with Gasteiger partial charge in [-0.2, -0.15) is 0 Å². The molecule has 0 aliphatic rings. The molecule has 142 valence electrons. The third-order valence-electron chi connectivity index (χ3n) is 3.91. The van der Waals surface area contributed by atoms with Crippen molar-refractivity contribution in [2.75, 3.05) is 11.9 Å². The molecule has 0 fully saturated rings. The fourth-order valence-corrected chi connectivity index (χ4v) is 2.43. The molecule has 0 aliphatic carbocycles. The van der Waals surface area contributed by atoms with Crippen molar-refractivity contribution in [2.24, 2.45) is 0 Å². The lowest BCUT2D eigenvalue weighted by Gasteiger charge is -2.07. The Kier molecular flexibility index (Phi) is 7.55. The molecule has 0 unspecified atom stereocenters. The van der Waals surface area contributed by atoms with E-state index in [0.29, 0.717) is 17.7 Å². The molecule has 0 atom stereocenters. The Balaban J connectivity index is 1.84. The highest BCUT2D eigenvalue weighted by Crippen LogP contribution is 2.14. The van der Waals surface area contributed by atoms with Crippen molar-refractivity contribution in [3.63, 3.8) is 0 Å². The number of carbonyl (C=O) groups excluding carboxylic acids is 3. The largest absolute Gasteiger partial charge is 0.508 e. The monoisotopic (exact) mass is 369 g/mol. The topological polar surface area (TPSA) is 92.7 Å². The van der Waals surface area contributed by atoms with Gasteiger partial charge in [-0.3, -0.25) is 9.59 Å². The zero-order valence-electron chi connectivity index (χ0n) is 15.2. The number of ether oxygens (including phenoxy) is 1. The number of amides is 1. The standard InChI is InChI=1S/C21H23NO5/c1-2-3-4-8-20(25)22-17-11-9-15(10-12-17)19(24)14-27-21(26)16-6-5-7-18(23)13-16/h5-7,9-13,23H,2-4,8,14H2,1H3,(H,22,25). The first kappa shape index (κ1) is 20.2. The summed E-state index contributed by atoms with van der Waals surface area (Å²) in [5.41, 5.74) is 1.16. The third kappa shape index (κ3) is 6.58. The van der Waals surface area contributed by atoms with E-state index < -0.39 is 12.6 Å². The Morgan fingerprint density at radius 2 is 1.74 bits per heavy atom. The van der Waals surface area contributed by atoms with E-state index in [-0.39, 0.29) is 23.0 Å². The minimum atomic E-state index is -0.685. The van der Waals surface area contributed by atoms with Crippen LogP contribution in [0.3, 0.4) is 0 Å². The number of ketones is 1. The molecule has 0 saturated heterocycles. The van der Waals surface area contributed by atoms with Crippen molar-refractivity contribution in [1.82, 2.24) is 0 Å². The lowest BCUT2D eigenvalue weighted by atomic mass is 10.1. The van der Waals surface area contributed by atoms with Crippen molar-refractivity contribution in [2.45, 2.75) is 32.6 Å². The quantitative estimate of drug-likeness (QED) is 0.397. The number of Topliss-reactive ketones (excluding diaryl/α,β-unsaturated/α-hetero) is 1. The van der Waals surface area contributed by atoms with Gasteiger partial charge in [-0.05, 0) is 48.9 Å². The van der Waals surface area contributed by atoms with Crippen molar-refractivity contribution < 1.29 is 24.2 Å². The second kappa shape index (κ2) is 10.1. The number of anilines is 1. The normalized spacial score (nSPS) is 10.3. The summed E-state index contributed by atoms with van der Waals surface area (Å²) < 4.78 is 4.98. The van der Waals surface area contributed by atoms with Gasteiger partial charge in [-0.1, -0.05) is 25.8 Å². The lowest BCUT2D eigenvalue weighted by Crippen LogP contribution is -2.14. The third-order valence-corrected chi connectivity index (χ3v) is 3.91. The maximum Gasteiger partial charge on any atom is 0.338 e. The first-order valence-electron chi connectivity index (χ1n) is 8.89. The van der Waals surface area contributed by atoms with E-state index in [1.165, 1.54) is 24.3 Å². The molecule has 2 aromatic rings. The van der Waals surface area contributed by atoms with Crippen molar-refractivity contribution in [3.8, 4) is 5.75 Å². The molecule has 0 radical (unpaired) electrons. The molecule has 0 spiro atoms. The van der Waals surface area contributed by atoms with Crippen LogP contribution in [-0.2, 0) is 9.53 Å². The number of hydrogen-bond acceptors (Lipinski definition) is 5. The van der Waals surface area contributed by atoms with Crippen LogP contribution in [0.1, 0.15) is 53.3 Å². The number of benzene rings is 2. The van der Waals surface area contributed by atoms with Gasteiger partial charge < -0.3 is 15.2 Å². The van der Waals surface area contributed by atoms with Crippen LogP contribution < -0.4 is 5.32 Å². The summed E-state index contributed by atoms with van der Waals surface area (Å²) in [6, 6.07) is 12.1. The van der Waals surface area contributed by atoms with Gasteiger partial charge in [-0.15, -0.1) is 0 Å². The molecule has 2 rings (SSSR count). The minimum absolute atomic E-state index is 0.0527. The molecule has 0 heterocycles. The van der Waals surface area contributed by atoms with E-state index in [1.54, 1.807) is 24.3 Å². The van der Waals surface area contributed by atoms with Gasteiger partial charge in [0.25, 0.3) is 0 Å². The molecule has 1 amide bonds. The number of esters is 1. The van der Waals surface area contributed by atoms with Crippen LogP contribution in [0.25, 0.3) is 0 Å². The van der Waals surface area contributed by atoms with Crippen molar-refractivity contribution in [1.29, 1.82) is 0 Å². The van der Waals surface area contributed by atoms with Crippen LogP contribution in [0.15, 0.2) is 48.5 Å². The van der Waals surface area contributed by atoms with Gasteiger partial charge in [0, 0.05) is 17.7 Å². The van der Waals surface area contributed by atoms with Gasteiger partial charge in [0.05, 0.1) is 5.56 Å². The first-order chi connectivity index (χ1) is 13.0. The summed E-state index contributed by atoms with van der Waals surface area (Å²) in [6.07, 6.45) is 3.39. The maximum absolute atomic E-state index is 12.1. The maximum atomic E-state index is 12.1. The molecule has 0 saturated carbocycles. The molecule has 0 aliphatic heterocycles. The Hall–Kier alpha value is -3.15. The molecule has 0 bridgehead atoms. The second-order valence-electron chi connectivity index (χ2n) is 6.13. The Bertz CT molecular complexity index is 798. The smallest absolute Gasteiger partial charge is 0.338 e. The summed E-state index contributed by atoms with van der Waals surface area (Å²) in [4.78, 5) is 35.8. The Labute approximate surface area is 158 Å². The number of phenolic OH excluding ortho intramolecular Hbond substituents is 1. The number of rotatable bonds is 9. The van der Waals surface area contributed by atoms with Crippen LogP contribution in [0.2, 0.25) is 0 Å². The molecule has 27 heavy (non-hydrogen) atoms. The van der Waals surface area contributed by atoms with Crippen molar-refractivity contribution in [3.05, 3.63) is 59.7 Å². The van der Waals surface area contributed by atoms with E-state index >= 15 is 0 Å². The molecular formula is C21H23NO5. The van der Waals surface area contributed by atoms with Gasteiger partial charge in [-0.25, -0.2) is 4.79 Å². The summed E-state index contributed by atoms with van der Waals surface area (Å²) in [5, 5.41) is 12.1.